The molecular formula is C17H27NO4P-. The fourth-order valence-corrected chi connectivity index (χ4v) is 3.06. The Kier molecular flexibility index (Phi) is 9.15. The Bertz CT molecular complexity index is 510. The highest BCUT2D eigenvalue weighted by molar-refractivity contribution is 7.49. The number of anilines is 1. The third-order valence-electron chi connectivity index (χ3n) is 3.63. The number of benzene rings is 1. The van der Waals surface area contributed by atoms with Crippen molar-refractivity contribution in [3.05, 3.63) is 29.8 Å². The smallest absolute Gasteiger partial charge is 0.224 e. The molecule has 0 aliphatic carbocycles. The molecule has 0 saturated carbocycles. The number of rotatable bonds is 11. The van der Waals surface area contributed by atoms with Gasteiger partial charge in [-0.05, 0) is 24.1 Å². The summed E-state index contributed by atoms with van der Waals surface area (Å²) in [5.74, 6) is -0.0250. The molecule has 6 heteroatoms. The number of unbranched alkanes of at least 4 members (excludes halogenated alkanes) is 6. The van der Waals surface area contributed by atoms with Crippen molar-refractivity contribution >= 4 is 19.2 Å². The van der Waals surface area contributed by atoms with Gasteiger partial charge in [0.1, 0.15) is 7.60 Å². The van der Waals surface area contributed by atoms with E-state index >= 15 is 0 Å². The van der Waals surface area contributed by atoms with Gasteiger partial charge in [-0.3, -0.25) is 4.79 Å². The van der Waals surface area contributed by atoms with E-state index in [-0.39, 0.29) is 12.1 Å². The lowest BCUT2D eigenvalue weighted by atomic mass is 10.1. The number of carbonyl (C=O) groups is 1. The molecule has 1 atom stereocenters. The molecule has 0 saturated heterocycles. The standard InChI is InChI=1S/C17H28NO4P/c1-2-3-4-5-6-7-8-9-17(19)18-16-12-10-15(11-13-16)14-23(20,21)22/h10-13H,2-9,14H2,1H3,(H,18,19)(H2,20,21,22)/p-1. The molecule has 0 aromatic heterocycles. The van der Waals surface area contributed by atoms with Gasteiger partial charge >= 0.3 is 0 Å². The first kappa shape index (κ1) is 19.9. The highest BCUT2D eigenvalue weighted by Gasteiger charge is 2.05. The van der Waals surface area contributed by atoms with Crippen molar-refractivity contribution in [3.63, 3.8) is 0 Å². The van der Waals surface area contributed by atoms with Crippen molar-refractivity contribution in [2.24, 2.45) is 0 Å². The second kappa shape index (κ2) is 10.6. The van der Waals surface area contributed by atoms with Gasteiger partial charge in [-0.25, -0.2) is 0 Å². The van der Waals surface area contributed by atoms with Crippen LogP contribution in [0.15, 0.2) is 24.3 Å². The number of hydrogen-bond acceptors (Lipinski definition) is 3. The Morgan fingerprint density at radius 3 is 2.22 bits per heavy atom. The molecule has 1 aromatic carbocycles. The lowest BCUT2D eigenvalue weighted by Gasteiger charge is -2.15. The maximum Gasteiger partial charge on any atom is 0.224 e. The molecule has 0 bridgehead atoms. The third-order valence-corrected chi connectivity index (χ3v) is 4.39. The monoisotopic (exact) mass is 340 g/mol. The number of hydrogen-bond donors (Lipinski definition) is 2. The Balaban J connectivity index is 2.22. The van der Waals surface area contributed by atoms with Gasteiger partial charge in [0.2, 0.25) is 5.91 Å². The first-order chi connectivity index (χ1) is 10.9. The van der Waals surface area contributed by atoms with Crippen molar-refractivity contribution in [3.8, 4) is 0 Å². The van der Waals surface area contributed by atoms with Crippen molar-refractivity contribution in [2.45, 2.75) is 64.5 Å². The minimum atomic E-state index is -4.30. The Labute approximate surface area is 138 Å². The zero-order valence-electron chi connectivity index (χ0n) is 13.8. The largest absolute Gasteiger partial charge is 0.778 e. The van der Waals surface area contributed by atoms with Gasteiger partial charge in [-0.2, -0.15) is 0 Å². The quantitative estimate of drug-likeness (QED) is 0.473. The van der Waals surface area contributed by atoms with Crippen LogP contribution in [0.4, 0.5) is 5.69 Å². The Morgan fingerprint density at radius 2 is 1.65 bits per heavy atom. The first-order valence-corrected chi connectivity index (χ1v) is 10.1. The number of amides is 1. The predicted molar refractivity (Wildman–Crippen MR) is 91.2 cm³/mol. The summed E-state index contributed by atoms with van der Waals surface area (Å²) in [6, 6.07) is 6.47. The lowest BCUT2D eigenvalue weighted by Crippen LogP contribution is -2.11. The SMILES string of the molecule is CCCCCCCCCC(=O)Nc1ccc(CP(=O)([O-])O)cc1. The molecule has 0 fully saturated rings. The van der Waals surface area contributed by atoms with Gasteiger partial charge < -0.3 is 19.7 Å². The van der Waals surface area contributed by atoms with E-state index in [1.54, 1.807) is 24.3 Å². The maximum atomic E-state index is 11.8. The van der Waals surface area contributed by atoms with E-state index in [1.807, 2.05) is 0 Å². The van der Waals surface area contributed by atoms with Crippen LogP contribution in [0, 0.1) is 0 Å². The van der Waals surface area contributed by atoms with E-state index in [0.717, 1.165) is 12.8 Å². The van der Waals surface area contributed by atoms with Gasteiger partial charge in [-0.15, -0.1) is 0 Å². The van der Waals surface area contributed by atoms with Crippen LogP contribution in [-0.2, 0) is 15.5 Å². The van der Waals surface area contributed by atoms with Crippen LogP contribution in [0.2, 0.25) is 0 Å². The summed E-state index contributed by atoms with van der Waals surface area (Å²) in [6.07, 6.45) is 8.30. The molecule has 1 aromatic rings. The normalized spacial score (nSPS) is 13.5. The molecule has 0 spiro atoms. The summed E-state index contributed by atoms with van der Waals surface area (Å²) in [7, 11) is -4.30. The van der Waals surface area contributed by atoms with E-state index in [4.69, 9.17) is 4.89 Å². The topological polar surface area (TPSA) is 89.5 Å². The molecule has 1 rings (SSSR count). The number of nitrogens with one attached hydrogen (secondary N) is 1. The summed E-state index contributed by atoms with van der Waals surface area (Å²) < 4.78 is 10.8. The fourth-order valence-electron chi connectivity index (χ4n) is 2.39. The second-order valence-corrected chi connectivity index (χ2v) is 7.50. The van der Waals surface area contributed by atoms with E-state index in [0.29, 0.717) is 17.7 Å². The predicted octanol–water partition coefficient (Wildman–Crippen LogP) is 3.81. The fraction of sp³-hybridized carbons (Fsp3) is 0.588. The van der Waals surface area contributed by atoms with Crippen molar-refractivity contribution in [1.82, 2.24) is 0 Å². The number of carbonyl (C=O) groups excluding carboxylic acids is 1. The zero-order valence-corrected chi connectivity index (χ0v) is 14.7. The maximum absolute atomic E-state index is 11.8. The van der Waals surface area contributed by atoms with E-state index in [1.165, 1.54) is 32.1 Å². The van der Waals surface area contributed by atoms with Gasteiger partial charge in [0, 0.05) is 18.3 Å². The lowest BCUT2D eigenvalue weighted by molar-refractivity contribution is -0.194. The molecule has 1 amide bonds. The molecule has 0 aliphatic rings. The van der Waals surface area contributed by atoms with Crippen LogP contribution >= 0.6 is 7.60 Å². The molecule has 0 heterocycles. The van der Waals surface area contributed by atoms with E-state index in [9.17, 15) is 14.3 Å². The molecule has 130 valence electrons. The second-order valence-electron chi connectivity index (χ2n) is 5.91. The first-order valence-electron chi connectivity index (χ1n) is 8.32. The molecule has 23 heavy (non-hydrogen) atoms. The molecular weight excluding hydrogens is 313 g/mol. The summed E-state index contributed by atoms with van der Waals surface area (Å²) >= 11 is 0. The third kappa shape index (κ3) is 10.3. The van der Waals surface area contributed by atoms with Crippen LogP contribution < -0.4 is 10.2 Å². The summed E-state index contributed by atoms with van der Waals surface area (Å²) in [5, 5.41) is 2.79. The zero-order chi connectivity index (χ0) is 17.1. The van der Waals surface area contributed by atoms with Gasteiger partial charge in [0.05, 0.1) is 0 Å². The highest BCUT2D eigenvalue weighted by atomic mass is 31.2. The van der Waals surface area contributed by atoms with Crippen LogP contribution in [0.5, 0.6) is 0 Å². The van der Waals surface area contributed by atoms with Crippen LogP contribution in [0.25, 0.3) is 0 Å². The van der Waals surface area contributed by atoms with Crippen molar-refractivity contribution in [1.29, 1.82) is 0 Å². The molecule has 5 nitrogen and oxygen atoms in total. The average molecular weight is 340 g/mol. The van der Waals surface area contributed by atoms with Gasteiger partial charge in [0.25, 0.3) is 0 Å². The minimum Gasteiger partial charge on any atom is -0.778 e. The molecule has 0 radical (unpaired) electrons. The summed E-state index contributed by atoms with van der Waals surface area (Å²) in [6.45, 7) is 2.19. The van der Waals surface area contributed by atoms with Gasteiger partial charge in [-0.1, -0.05) is 57.6 Å². The Hall–Kier alpha value is -1.16. The van der Waals surface area contributed by atoms with Crippen LogP contribution in [-0.4, -0.2) is 10.8 Å². The molecule has 2 N–H and O–H groups in total. The van der Waals surface area contributed by atoms with E-state index in [2.05, 4.69) is 12.2 Å². The summed E-state index contributed by atoms with van der Waals surface area (Å²) in [4.78, 5) is 31.4. The Morgan fingerprint density at radius 1 is 1.09 bits per heavy atom. The van der Waals surface area contributed by atoms with Gasteiger partial charge in [0.15, 0.2) is 0 Å². The van der Waals surface area contributed by atoms with E-state index < -0.39 is 7.60 Å². The molecule has 1 unspecified atom stereocenters. The van der Waals surface area contributed by atoms with Crippen molar-refractivity contribution in [2.75, 3.05) is 5.32 Å². The van der Waals surface area contributed by atoms with Crippen molar-refractivity contribution < 1.29 is 19.1 Å². The minimum absolute atomic E-state index is 0.0250. The van der Waals surface area contributed by atoms with Crippen LogP contribution in [0.1, 0.15) is 63.9 Å². The van der Waals surface area contributed by atoms with Crippen LogP contribution in [0.3, 0.4) is 0 Å². The molecule has 0 aliphatic heterocycles. The average Bonchev–Trinajstić information content (AvgIpc) is 2.47. The highest BCUT2D eigenvalue weighted by Crippen LogP contribution is 2.34. The summed E-state index contributed by atoms with van der Waals surface area (Å²) in [5.41, 5.74) is 1.14.